The van der Waals surface area contributed by atoms with E-state index >= 15 is 0 Å². The molecule has 10 nitrogen and oxygen atoms in total. The predicted octanol–water partition coefficient (Wildman–Crippen LogP) is 0.683. The summed E-state index contributed by atoms with van der Waals surface area (Å²) in [5.74, 6) is -2.07. The normalized spacial score (nSPS) is 10.6. The minimum atomic E-state index is -0.807. The van der Waals surface area contributed by atoms with Gasteiger partial charge < -0.3 is 0 Å². The van der Waals surface area contributed by atoms with E-state index in [1.54, 1.807) is 18.2 Å². The maximum Gasteiger partial charge on any atom is 0.290 e. The Hall–Kier alpha value is -4.67. The number of nitrogens with one attached hydrogen (secondary N) is 3. The Bertz CT molecular complexity index is 1430. The van der Waals surface area contributed by atoms with Crippen LogP contribution in [-0.2, 0) is 0 Å². The topological polar surface area (TPSA) is 139 Å². The van der Waals surface area contributed by atoms with Crippen LogP contribution in [0.15, 0.2) is 70.3 Å². The molecule has 4 rings (SSSR count). The maximum absolute atomic E-state index is 13.1. The molecule has 0 fully saturated rings. The van der Waals surface area contributed by atoms with Gasteiger partial charge in [0.25, 0.3) is 22.9 Å². The number of carbonyl (C=O) groups excluding carboxylic acids is 2. The van der Waals surface area contributed by atoms with Crippen molar-refractivity contribution in [1.82, 2.24) is 30.8 Å². The van der Waals surface area contributed by atoms with Crippen LogP contribution in [0.4, 0.5) is 4.39 Å². The van der Waals surface area contributed by atoms with E-state index in [9.17, 15) is 23.6 Å². The van der Waals surface area contributed by atoms with Crippen molar-refractivity contribution in [2.75, 3.05) is 0 Å². The summed E-state index contributed by atoms with van der Waals surface area (Å²) in [6.45, 7) is 0. The molecule has 0 bridgehead atoms. The van der Waals surface area contributed by atoms with Crippen molar-refractivity contribution in [1.29, 1.82) is 0 Å². The molecule has 154 valence electrons. The monoisotopic (exact) mass is 420 g/mol. The standard InChI is InChI=1S/C20H13FN6O4/c21-11-5-7-12(8-6-11)27-16(28)10-9-15(26-27)19(30)24-25-20(31)17-13-3-1-2-4-14(13)18(29)23-22-17/h1-10H,(H,23,29)(H,24,30)(H,25,31). The summed E-state index contributed by atoms with van der Waals surface area (Å²) >= 11 is 0. The highest BCUT2D eigenvalue weighted by Gasteiger charge is 2.16. The summed E-state index contributed by atoms with van der Waals surface area (Å²) in [5, 5.41) is 10.5. The zero-order valence-electron chi connectivity index (χ0n) is 15.6. The van der Waals surface area contributed by atoms with E-state index in [4.69, 9.17) is 0 Å². The first kappa shape index (κ1) is 19.6. The van der Waals surface area contributed by atoms with Crippen molar-refractivity contribution in [3.05, 3.63) is 98.6 Å². The fourth-order valence-corrected chi connectivity index (χ4v) is 2.82. The molecular weight excluding hydrogens is 407 g/mol. The second-order valence-corrected chi connectivity index (χ2v) is 6.30. The van der Waals surface area contributed by atoms with Crippen LogP contribution in [0.5, 0.6) is 0 Å². The smallest absolute Gasteiger partial charge is 0.267 e. The number of halogens is 1. The molecule has 4 aromatic rings. The van der Waals surface area contributed by atoms with Gasteiger partial charge in [0, 0.05) is 11.5 Å². The number of benzene rings is 2. The average molecular weight is 420 g/mol. The molecule has 0 aliphatic rings. The van der Waals surface area contributed by atoms with Crippen LogP contribution >= 0.6 is 0 Å². The lowest BCUT2D eigenvalue weighted by molar-refractivity contribution is 0.0840. The Morgan fingerprint density at radius 3 is 2.29 bits per heavy atom. The molecule has 0 aliphatic carbocycles. The van der Waals surface area contributed by atoms with Gasteiger partial charge in [-0.1, -0.05) is 18.2 Å². The average Bonchev–Trinajstić information content (AvgIpc) is 2.79. The third kappa shape index (κ3) is 3.92. The zero-order valence-corrected chi connectivity index (χ0v) is 15.6. The van der Waals surface area contributed by atoms with Gasteiger partial charge in [0.05, 0.1) is 11.1 Å². The molecule has 0 radical (unpaired) electrons. The first-order valence-corrected chi connectivity index (χ1v) is 8.88. The van der Waals surface area contributed by atoms with Crippen molar-refractivity contribution in [2.24, 2.45) is 0 Å². The summed E-state index contributed by atoms with van der Waals surface area (Å²) in [7, 11) is 0. The van der Waals surface area contributed by atoms with Crippen LogP contribution in [0.3, 0.4) is 0 Å². The minimum Gasteiger partial charge on any atom is -0.267 e. The highest BCUT2D eigenvalue weighted by atomic mass is 19.1. The molecule has 3 N–H and O–H groups in total. The molecule has 11 heteroatoms. The lowest BCUT2D eigenvalue weighted by atomic mass is 10.1. The van der Waals surface area contributed by atoms with Crippen molar-refractivity contribution in [3.63, 3.8) is 0 Å². The molecule has 2 aromatic heterocycles. The number of carbonyl (C=O) groups is 2. The van der Waals surface area contributed by atoms with E-state index in [1.165, 1.54) is 24.3 Å². The van der Waals surface area contributed by atoms with Gasteiger partial charge in [-0.2, -0.15) is 14.9 Å². The third-order valence-electron chi connectivity index (χ3n) is 4.30. The molecule has 0 saturated carbocycles. The molecule has 31 heavy (non-hydrogen) atoms. The molecule has 2 amide bonds. The van der Waals surface area contributed by atoms with E-state index in [-0.39, 0.29) is 22.5 Å². The van der Waals surface area contributed by atoms with E-state index in [0.717, 1.165) is 22.9 Å². The van der Waals surface area contributed by atoms with Gasteiger partial charge in [-0.25, -0.2) is 9.49 Å². The Labute approximate surface area is 172 Å². The zero-order chi connectivity index (χ0) is 22.0. The Balaban J connectivity index is 1.55. The van der Waals surface area contributed by atoms with Gasteiger partial charge in [-0.05, 0) is 36.4 Å². The number of hydrogen-bond acceptors (Lipinski definition) is 6. The van der Waals surface area contributed by atoms with Crippen LogP contribution in [-0.4, -0.2) is 31.8 Å². The van der Waals surface area contributed by atoms with Gasteiger partial charge in [0.15, 0.2) is 11.4 Å². The van der Waals surface area contributed by atoms with Gasteiger partial charge in [-0.15, -0.1) is 0 Å². The number of rotatable bonds is 3. The van der Waals surface area contributed by atoms with Gasteiger partial charge in [0.1, 0.15) is 5.82 Å². The SMILES string of the molecule is O=C(NNC(=O)c1n[nH]c(=O)c2ccccc12)c1ccc(=O)n(-c2ccc(F)cc2)n1. The molecule has 2 aromatic carbocycles. The molecule has 2 heterocycles. The first-order valence-electron chi connectivity index (χ1n) is 8.88. The van der Waals surface area contributed by atoms with E-state index in [1.807, 2.05) is 0 Å². The molecular formula is C20H13FN6O4. The largest absolute Gasteiger partial charge is 0.290 e. The number of aromatic nitrogens is 4. The third-order valence-corrected chi connectivity index (χ3v) is 4.30. The number of fused-ring (bicyclic) bond motifs is 1. The van der Waals surface area contributed by atoms with Crippen molar-refractivity contribution < 1.29 is 14.0 Å². The Morgan fingerprint density at radius 2 is 1.55 bits per heavy atom. The predicted molar refractivity (Wildman–Crippen MR) is 107 cm³/mol. The fraction of sp³-hybridized carbons (Fsp3) is 0. The van der Waals surface area contributed by atoms with Crippen molar-refractivity contribution in [3.8, 4) is 5.69 Å². The van der Waals surface area contributed by atoms with Crippen molar-refractivity contribution >= 4 is 22.6 Å². The molecule has 0 aliphatic heterocycles. The summed E-state index contributed by atoms with van der Waals surface area (Å²) in [6, 6.07) is 13.6. The highest BCUT2D eigenvalue weighted by Crippen LogP contribution is 2.12. The van der Waals surface area contributed by atoms with E-state index < -0.39 is 28.8 Å². The number of H-pyrrole nitrogens is 1. The second-order valence-electron chi connectivity index (χ2n) is 6.30. The second kappa shape index (κ2) is 7.99. The first-order chi connectivity index (χ1) is 14.9. The van der Waals surface area contributed by atoms with Crippen LogP contribution in [0.2, 0.25) is 0 Å². The lowest BCUT2D eigenvalue weighted by Crippen LogP contribution is -2.43. The van der Waals surface area contributed by atoms with E-state index in [2.05, 4.69) is 26.1 Å². The molecule has 0 unspecified atom stereocenters. The Kier molecular flexibility index (Phi) is 5.06. The van der Waals surface area contributed by atoms with Crippen LogP contribution in [0.1, 0.15) is 21.0 Å². The molecule has 0 saturated heterocycles. The van der Waals surface area contributed by atoms with Gasteiger partial charge in [-0.3, -0.25) is 30.0 Å². The molecule has 0 spiro atoms. The molecule has 0 atom stereocenters. The summed E-state index contributed by atoms with van der Waals surface area (Å²) in [4.78, 5) is 48.7. The minimum absolute atomic E-state index is 0.0975. The van der Waals surface area contributed by atoms with Crippen LogP contribution in [0.25, 0.3) is 16.5 Å². The van der Waals surface area contributed by atoms with Gasteiger partial charge in [0.2, 0.25) is 0 Å². The summed E-state index contributed by atoms with van der Waals surface area (Å²) in [5.41, 5.74) is 3.36. The number of nitrogens with zero attached hydrogens (tertiary/aromatic N) is 3. The number of amides is 2. The Morgan fingerprint density at radius 1 is 0.871 bits per heavy atom. The quantitative estimate of drug-likeness (QED) is 0.417. The summed E-state index contributed by atoms with van der Waals surface area (Å²) < 4.78 is 14.0. The highest BCUT2D eigenvalue weighted by molar-refractivity contribution is 6.05. The number of hydrogen-bond donors (Lipinski definition) is 3. The van der Waals surface area contributed by atoms with Crippen molar-refractivity contribution in [2.45, 2.75) is 0 Å². The fourth-order valence-electron chi connectivity index (χ4n) is 2.82. The number of aromatic amines is 1. The van der Waals surface area contributed by atoms with Gasteiger partial charge >= 0.3 is 0 Å². The summed E-state index contributed by atoms with van der Waals surface area (Å²) in [6.07, 6.45) is 0. The van der Waals surface area contributed by atoms with Crippen LogP contribution in [0, 0.1) is 5.82 Å². The van der Waals surface area contributed by atoms with E-state index in [0.29, 0.717) is 5.39 Å². The van der Waals surface area contributed by atoms with Crippen LogP contribution < -0.4 is 22.0 Å². The number of hydrazine groups is 1. The maximum atomic E-state index is 13.1. The lowest BCUT2D eigenvalue weighted by Gasteiger charge is -2.09.